The summed E-state index contributed by atoms with van der Waals surface area (Å²) in [5, 5.41) is 10.0. The van der Waals surface area contributed by atoms with Crippen LogP contribution in [0, 0.1) is 17.1 Å². The molecule has 0 bridgehead atoms. The Balaban J connectivity index is 2.77. The van der Waals surface area contributed by atoms with Crippen molar-refractivity contribution in [3.63, 3.8) is 0 Å². The van der Waals surface area contributed by atoms with Gasteiger partial charge in [-0.25, -0.2) is 4.39 Å². The molecule has 0 aliphatic carbocycles. The molecule has 1 rings (SSSR count). The summed E-state index contributed by atoms with van der Waals surface area (Å²) in [6, 6.07) is 1.23. The normalized spacial score (nSPS) is 12.5. The van der Waals surface area contributed by atoms with E-state index in [1.54, 1.807) is 5.38 Å². The lowest BCUT2D eigenvalue weighted by molar-refractivity contribution is 0.607. The highest BCUT2D eigenvalue weighted by Crippen LogP contribution is 2.26. The van der Waals surface area contributed by atoms with E-state index in [1.807, 2.05) is 6.07 Å². The minimum Gasteiger partial charge on any atom is -0.316 e. The van der Waals surface area contributed by atoms with Gasteiger partial charge in [-0.15, -0.1) is 11.3 Å². The SMILES string of the molecule is N#CC(N)Cc1scc(Br)c1F. The average Bonchev–Trinajstić information content (AvgIpc) is 2.36. The Kier molecular flexibility index (Phi) is 3.20. The van der Waals surface area contributed by atoms with Gasteiger partial charge in [0.2, 0.25) is 0 Å². The van der Waals surface area contributed by atoms with Crippen molar-refractivity contribution in [2.24, 2.45) is 5.73 Å². The summed E-state index contributed by atoms with van der Waals surface area (Å²) in [4.78, 5) is 0.524. The third-order valence-electron chi connectivity index (χ3n) is 1.33. The van der Waals surface area contributed by atoms with Crippen molar-refractivity contribution in [2.45, 2.75) is 12.5 Å². The monoisotopic (exact) mass is 248 g/mol. The molecule has 64 valence electrons. The molecule has 0 amide bonds. The van der Waals surface area contributed by atoms with E-state index < -0.39 is 6.04 Å². The molecule has 12 heavy (non-hydrogen) atoms. The quantitative estimate of drug-likeness (QED) is 0.871. The molecule has 1 aromatic rings. The van der Waals surface area contributed by atoms with Crippen molar-refractivity contribution >= 4 is 27.3 Å². The molecular weight excluding hydrogens is 243 g/mol. The van der Waals surface area contributed by atoms with E-state index in [2.05, 4.69) is 15.9 Å². The predicted octanol–water partition coefficient (Wildman–Crippen LogP) is 2.04. The van der Waals surface area contributed by atoms with Crippen molar-refractivity contribution in [3.05, 3.63) is 20.5 Å². The molecule has 1 aromatic heterocycles. The minimum absolute atomic E-state index is 0.276. The maximum absolute atomic E-state index is 13.1. The first-order valence-corrected chi connectivity index (χ1v) is 4.89. The molecule has 0 spiro atoms. The third-order valence-corrected chi connectivity index (χ3v) is 3.19. The molecule has 1 unspecified atom stereocenters. The molecule has 5 heteroatoms. The maximum atomic E-state index is 13.1. The van der Waals surface area contributed by atoms with Gasteiger partial charge in [0.15, 0.2) is 5.82 Å². The van der Waals surface area contributed by atoms with Crippen molar-refractivity contribution in [1.29, 1.82) is 5.26 Å². The van der Waals surface area contributed by atoms with Crippen molar-refractivity contribution in [1.82, 2.24) is 0 Å². The van der Waals surface area contributed by atoms with Gasteiger partial charge in [-0.2, -0.15) is 5.26 Å². The molecule has 0 aromatic carbocycles. The lowest BCUT2D eigenvalue weighted by atomic mass is 10.2. The maximum Gasteiger partial charge on any atom is 0.151 e. The first kappa shape index (κ1) is 9.65. The van der Waals surface area contributed by atoms with Crippen LogP contribution in [0.4, 0.5) is 4.39 Å². The molecule has 1 atom stereocenters. The fraction of sp³-hybridized carbons (Fsp3) is 0.286. The van der Waals surface area contributed by atoms with Gasteiger partial charge in [0.1, 0.15) is 0 Å². The zero-order chi connectivity index (χ0) is 9.14. The number of thiophene rings is 1. The number of hydrogen-bond donors (Lipinski definition) is 1. The Bertz CT molecular complexity index is 318. The molecule has 1 heterocycles. The van der Waals surface area contributed by atoms with E-state index in [4.69, 9.17) is 11.0 Å². The molecule has 2 N–H and O–H groups in total. The van der Waals surface area contributed by atoms with E-state index >= 15 is 0 Å². The molecule has 0 radical (unpaired) electrons. The van der Waals surface area contributed by atoms with Crippen molar-refractivity contribution in [2.75, 3.05) is 0 Å². The lowest BCUT2D eigenvalue weighted by Gasteiger charge is -1.98. The number of nitrogens with zero attached hydrogens (tertiary/aromatic N) is 1. The summed E-state index contributed by atoms with van der Waals surface area (Å²) in [7, 11) is 0. The second kappa shape index (κ2) is 3.99. The fourth-order valence-corrected chi connectivity index (χ4v) is 2.23. The second-order valence-electron chi connectivity index (χ2n) is 2.26. The zero-order valence-corrected chi connectivity index (χ0v) is 8.45. The van der Waals surface area contributed by atoms with Gasteiger partial charge in [0, 0.05) is 16.7 Å². The topological polar surface area (TPSA) is 49.8 Å². The van der Waals surface area contributed by atoms with Crippen molar-refractivity contribution in [3.8, 4) is 6.07 Å². The first-order chi connectivity index (χ1) is 5.65. The van der Waals surface area contributed by atoms with Crippen LogP contribution in [0.1, 0.15) is 4.88 Å². The Morgan fingerprint density at radius 2 is 2.50 bits per heavy atom. The smallest absolute Gasteiger partial charge is 0.151 e. The van der Waals surface area contributed by atoms with Gasteiger partial charge in [-0.05, 0) is 15.9 Å². The highest BCUT2D eigenvalue weighted by Gasteiger charge is 2.12. The summed E-state index contributed by atoms with van der Waals surface area (Å²) in [6.07, 6.45) is 0.276. The number of hydrogen-bond acceptors (Lipinski definition) is 3. The second-order valence-corrected chi connectivity index (χ2v) is 4.08. The van der Waals surface area contributed by atoms with Gasteiger partial charge in [-0.1, -0.05) is 0 Å². The first-order valence-electron chi connectivity index (χ1n) is 3.21. The largest absolute Gasteiger partial charge is 0.316 e. The molecule has 2 nitrogen and oxygen atoms in total. The standard InChI is InChI=1S/C7H6BrFN2S/c8-5-3-12-6(7(5)9)1-4(11)2-10/h3-4H,1,11H2. The van der Waals surface area contributed by atoms with Crippen LogP contribution in [0.2, 0.25) is 0 Å². The summed E-state index contributed by atoms with van der Waals surface area (Å²) in [5.41, 5.74) is 5.35. The van der Waals surface area contributed by atoms with E-state index in [9.17, 15) is 4.39 Å². The highest BCUT2D eigenvalue weighted by atomic mass is 79.9. The molecule has 0 fully saturated rings. The van der Waals surface area contributed by atoms with Crippen LogP contribution in [0.5, 0.6) is 0 Å². The number of nitrogens with two attached hydrogens (primary N) is 1. The van der Waals surface area contributed by atoms with Crippen LogP contribution in [-0.2, 0) is 6.42 Å². The fourth-order valence-electron chi connectivity index (χ4n) is 0.743. The number of halogens is 2. The van der Waals surface area contributed by atoms with Crippen LogP contribution >= 0.6 is 27.3 Å². The van der Waals surface area contributed by atoms with Gasteiger partial charge in [-0.3, -0.25) is 0 Å². The van der Waals surface area contributed by atoms with Crippen LogP contribution < -0.4 is 5.73 Å². The van der Waals surface area contributed by atoms with Crippen LogP contribution in [0.3, 0.4) is 0 Å². The number of rotatable bonds is 2. The summed E-state index contributed by atoms with van der Waals surface area (Å²) < 4.78 is 13.5. The Morgan fingerprint density at radius 1 is 1.83 bits per heavy atom. The van der Waals surface area contributed by atoms with Gasteiger partial charge < -0.3 is 5.73 Å². The zero-order valence-electron chi connectivity index (χ0n) is 6.05. The van der Waals surface area contributed by atoms with Crippen LogP contribution in [-0.4, -0.2) is 6.04 Å². The predicted molar refractivity (Wildman–Crippen MR) is 49.3 cm³/mol. The summed E-state index contributed by atoms with van der Waals surface area (Å²) in [6.45, 7) is 0. The molecular formula is C7H6BrFN2S. The van der Waals surface area contributed by atoms with Gasteiger partial charge in [0.25, 0.3) is 0 Å². The van der Waals surface area contributed by atoms with Crippen LogP contribution in [0.25, 0.3) is 0 Å². The molecule has 0 aliphatic rings. The Labute approximate surface area is 81.9 Å². The van der Waals surface area contributed by atoms with Crippen molar-refractivity contribution < 1.29 is 4.39 Å². The van der Waals surface area contributed by atoms with Gasteiger partial charge >= 0.3 is 0 Å². The molecule has 0 saturated carbocycles. The van der Waals surface area contributed by atoms with E-state index in [1.165, 1.54) is 11.3 Å². The molecule has 0 aliphatic heterocycles. The van der Waals surface area contributed by atoms with E-state index in [0.29, 0.717) is 9.35 Å². The summed E-state index contributed by atoms with van der Waals surface area (Å²) in [5.74, 6) is -0.300. The highest BCUT2D eigenvalue weighted by molar-refractivity contribution is 9.10. The average molecular weight is 249 g/mol. The Hall–Kier alpha value is -0.440. The summed E-state index contributed by atoms with van der Waals surface area (Å²) >= 11 is 4.31. The van der Waals surface area contributed by atoms with E-state index in [-0.39, 0.29) is 12.2 Å². The molecule has 0 saturated heterocycles. The van der Waals surface area contributed by atoms with Crippen LogP contribution in [0.15, 0.2) is 9.85 Å². The van der Waals surface area contributed by atoms with E-state index in [0.717, 1.165) is 0 Å². The minimum atomic E-state index is -0.620. The third kappa shape index (κ3) is 2.03. The Morgan fingerprint density at radius 3 is 2.92 bits per heavy atom. The lowest BCUT2D eigenvalue weighted by Crippen LogP contribution is -2.19. The van der Waals surface area contributed by atoms with Gasteiger partial charge in [0.05, 0.1) is 16.6 Å². The number of nitriles is 1.